The van der Waals surface area contributed by atoms with Gasteiger partial charge in [0.2, 0.25) is 0 Å². The van der Waals surface area contributed by atoms with E-state index in [2.05, 4.69) is 64.8 Å². The molecule has 0 bridgehead atoms. The summed E-state index contributed by atoms with van der Waals surface area (Å²) in [7, 11) is 2.11. The lowest BCUT2D eigenvalue weighted by molar-refractivity contribution is 0.127. The molecule has 1 fully saturated rings. The molecule has 2 atom stereocenters. The monoisotopic (exact) mass is 326 g/mol. The van der Waals surface area contributed by atoms with Crippen molar-refractivity contribution in [3.63, 3.8) is 0 Å². The number of aliphatic hydroxyl groups is 1. The maximum Gasteiger partial charge on any atom is 0.0604 e. The molecule has 19 heavy (non-hydrogen) atoms. The van der Waals surface area contributed by atoms with Gasteiger partial charge in [0.25, 0.3) is 0 Å². The Kier molecular flexibility index (Phi) is 4.87. The van der Waals surface area contributed by atoms with Crippen LogP contribution in [0.4, 0.5) is 5.69 Å². The molecule has 0 spiro atoms. The van der Waals surface area contributed by atoms with Gasteiger partial charge < -0.3 is 10.0 Å². The molecule has 1 aliphatic heterocycles. The van der Waals surface area contributed by atoms with Gasteiger partial charge in [0.05, 0.1) is 12.6 Å². The van der Waals surface area contributed by atoms with E-state index in [9.17, 15) is 5.11 Å². The molecule has 1 heterocycles. The summed E-state index contributed by atoms with van der Waals surface area (Å²) in [5, 5.41) is 9.59. The quantitative estimate of drug-likeness (QED) is 0.905. The summed E-state index contributed by atoms with van der Waals surface area (Å²) in [6.07, 6.45) is 1.13. The highest BCUT2D eigenvalue weighted by atomic mass is 79.9. The van der Waals surface area contributed by atoms with Gasteiger partial charge in [0.15, 0.2) is 0 Å². The van der Waals surface area contributed by atoms with Crippen LogP contribution in [-0.2, 0) is 0 Å². The Labute approximate surface area is 124 Å². The molecule has 2 unspecified atom stereocenters. The molecule has 0 amide bonds. The normalized spacial score (nSPS) is 25.4. The van der Waals surface area contributed by atoms with Crippen LogP contribution in [0.5, 0.6) is 0 Å². The first kappa shape index (κ1) is 14.8. The van der Waals surface area contributed by atoms with E-state index >= 15 is 0 Å². The number of anilines is 1. The standard InChI is InChI=1S/C15H23BrN2O/c1-11-8-13(4-5-15(11)16)18-7-6-12(2)17(3)14(9-18)10-19/h4-5,8,12,14,19H,6-7,9-10H2,1-3H3. The highest BCUT2D eigenvalue weighted by molar-refractivity contribution is 9.10. The van der Waals surface area contributed by atoms with Crippen LogP contribution in [0.1, 0.15) is 18.9 Å². The fourth-order valence-corrected chi connectivity index (χ4v) is 2.87. The average molecular weight is 327 g/mol. The number of benzene rings is 1. The van der Waals surface area contributed by atoms with Gasteiger partial charge in [-0.2, -0.15) is 0 Å². The summed E-state index contributed by atoms with van der Waals surface area (Å²) in [4.78, 5) is 4.69. The highest BCUT2D eigenvalue weighted by Gasteiger charge is 2.26. The van der Waals surface area contributed by atoms with Gasteiger partial charge in [-0.05, 0) is 51.1 Å². The Morgan fingerprint density at radius 2 is 2.16 bits per heavy atom. The van der Waals surface area contributed by atoms with Gasteiger partial charge in [0.1, 0.15) is 0 Å². The third kappa shape index (κ3) is 3.30. The van der Waals surface area contributed by atoms with Gasteiger partial charge in [-0.1, -0.05) is 15.9 Å². The molecule has 1 aromatic carbocycles. The number of nitrogens with zero attached hydrogens (tertiary/aromatic N) is 2. The predicted molar refractivity (Wildman–Crippen MR) is 83.8 cm³/mol. The second-order valence-electron chi connectivity index (χ2n) is 5.52. The van der Waals surface area contributed by atoms with Crippen molar-refractivity contribution in [2.75, 3.05) is 31.6 Å². The van der Waals surface area contributed by atoms with E-state index in [0.717, 1.165) is 24.0 Å². The van der Waals surface area contributed by atoms with E-state index in [4.69, 9.17) is 0 Å². The van der Waals surface area contributed by atoms with Crippen LogP contribution in [0.15, 0.2) is 22.7 Å². The molecule has 1 N–H and O–H groups in total. The number of aryl methyl sites for hydroxylation is 1. The van der Waals surface area contributed by atoms with Crippen LogP contribution in [-0.4, -0.2) is 48.8 Å². The number of likely N-dealkylation sites (N-methyl/N-ethyl adjacent to an activating group) is 1. The topological polar surface area (TPSA) is 26.7 Å². The SMILES string of the molecule is Cc1cc(N2CCC(C)N(C)C(CO)C2)ccc1Br. The van der Waals surface area contributed by atoms with E-state index in [0.29, 0.717) is 6.04 Å². The number of rotatable bonds is 2. The van der Waals surface area contributed by atoms with Gasteiger partial charge in [-0.15, -0.1) is 0 Å². The van der Waals surface area contributed by atoms with Crippen LogP contribution >= 0.6 is 15.9 Å². The van der Waals surface area contributed by atoms with E-state index in [1.807, 2.05) is 0 Å². The lowest BCUT2D eigenvalue weighted by atomic mass is 10.2. The molecule has 2 rings (SSSR count). The third-order valence-electron chi connectivity index (χ3n) is 4.24. The van der Waals surface area contributed by atoms with Crippen molar-refractivity contribution in [2.45, 2.75) is 32.4 Å². The van der Waals surface area contributed by atoms with E-state index in [1.54, 1.807) is 0 Å². The minimum atomic E-state index is 0.210. The molecule has 0 aliphatic carbocycles. The number of hydrogen-bond acceptors (Lipinski definition) is 3. The summed E-state index contributed by atoms with van der Waals surface area (Å²) >= 11 is 3.55. The van der Waals surface area contributed by atoms with Crippen molar-refractivity contribution in [1.29, 1.82) is 0 Å². The number of aliphatic hydroxyl groups excluding tert-OH is 1. The van der Waals surface area contributed by atoms with E-state index in [-0.39, 0.29) is 12.6 Å². The average Bonchev–Trinajstić information content (AvgIpc) is 2.54. The van der Waals surface area contributed by atoms with Crippen LogP contribution in [0.3, 0.4) is 0 Å². The molecule has 1 aliphatic rings. The third-order valence-corrected chi connectivity index (χ3v) is 5.13. The Hall–Kier alpha value is -0.580. The molecule has 0 aromatic heterocycles. The summed E-state index contributed by atoms with van der Waals surface area (Å²) in [6.45, 7) is 6.50. The molecule has 1 saturated heterocycles. The first-order chi connectivity index (χ1) is 9.02. The summed E-state index contributed by atoms with van der Waals surface area (Å²) in [5.74, 6) is 0. The Bertz CT molecular complexity index is 438. The van der Waals surface area contributed by atoms with Gasteiger partial charge >= 0.3 is 0 Å². The zero-order chi connectivity index (χ0) is 14.0. The Balaban J connectivity index is 2.21. The summed E-state index contributed by atoms with van der Waals surface area (Å²) in [5.41, 5.74) is 2.50. The van der Waals surface area contributed by atoms with Crippen molar-refractivity contribution in [2.24, 2.45) is 0 Å². The van der Waals surface area contributed by atoms with Crippen molar-refractivity contribution in [3.8, 4) is 0 Å². The smallest absolute Gasteiger partial charge is 0.0604 e. The summed E-state index contributed by atoms with van der Waals surface area (Å²) < 4.78 is 1.15. The van der Waals surface area contributed by atoms with Crippen LogP contribution in [0.25, 0.3) is 0 Å². The molecule has 0 radical (unpaired) electrons. The highest BCUT2D eigenvalue weighted by Crippen LogP contribution is 2.25. The molecule has 106 valence electrons. The largest absolute Gasteiger partial charge is 0.395 e. The molecular formula is C15H23BrN2O. The van der Waals surface area contributed by atoms with Crippen molar-refractivity contribution in [1.82, 2.24) is 4.90 Å². The van der Waals surface area contributed by atoms with E-state index < -0.39 is 0 Å². The number of halogens is 1. The minimum Gasteiger partial charge on any atom is -0.395 e. The molecule has 4 heteroatoms. The first-order valence-corrected chi connectivity index (χ1v) is 7.66. The Morgan fingerprint density at radius 1 is 1.42 bits per heavy atom. The van der Waals surface area contributed by atoms with Gasteiger partial charge in [-0.3, -0.25) is 4.90 Å². The zero-order valence-electron chi connectivity index (χ0n) is 11.9. The molecule has 3 nitrogen and oxygen atoms in total. The maximum atomic E-state index is 9.59. The van der Waals surface area contributed by atoms with Crippen LogP contribution in [0.2, 0.25) is 0 Å². The van der Waals surface area contributed by atoms with Gasteiger partial charge in [-0.25, -0.2) is 0 Å². The molecular weight excluding hydrogens is 304 g/mol. The van der Waals surface area contributed by atoms with Crippen molar-refractivity contribution < 1.29 is 5.11 Å². The van der Waals surface area contributed by atoms with Crippen molar-refractivity contribution in [3.05, 3.63) is 28.2 Å². The lowest BCUT2D eigenvalue weighted by Gasteiger charge is -2.30. The van der Waals surface area contributed by atoms with Gasteiger partial charge in [0, 0.05) is 29.3 Å². The maximum absolute atomic E-state index is 9.59. The van der Waals surface area contributed by atoms with E-state index in [1.165, 1.54) is 11.3 Å². The molecule has 0 saturated carbocycles. The number of hydrogen-bond donors (Lipinski definition) is 1. The Morgan fingerprint density at radius 3 is 2.79 bits per heavy atom. The van der Waals surface area contributed by atoms with Crippen LogP contribution in [0, 0.1) is 6.92 Å². The summed E-state index contributed by atoms with van der Waals surface area (Å²) in [6, 6.07) is 7.20. The van der Waals surface area contributed by atoms with Crippen LogP contribution < -0.4 is 4.90 Å². The first-order valence-electron chi connectivity index (χ1n) is 6.87. The van der Waals surface area contributed by atoms with Crippen molar-refractivity contribution >= 4 is 21.6 Å². The lowest BCUT2D eigenvalue weighted by Crippen LogP contribution is -2.44. The predicted octanol–water partition coefficient (Wildman–Crippen LogP) is 2.65. The minimum absolute atomic E-state index is 0.210. The fourth-order valence-electron chi connectivity index (χ4n) is 2.63. The molecule has 1 aromatic rings. The zero-order valence-corrected chi connectivity index (χ0v) is 13.5. The second kappa shape index (κ2) is 6.25. The second-order valence-corrected chi connectivity index (χ2v) is 6.37. The fraction of sp³-hybridized carbons (Fsp3) is 0.600.